The number of halogens is 1. The lowest BCUT2D eigenvalue weighted by Gasteiger charge is -2.29. The first-order valence-corrected chi connectivity index (χ1v) is 14.0. The van der Waals surface area contributed by atoms with Crippen LogP contribution in [0.5, 0.6) is 0 Å². The van der Waals surface area contributed by atoms with Crippen molar-refractivity contribution < 1.29 is 14.0 Å². The van der Waals surface area contributed by atoms with Gasteiger partial charge in [0.2, 0.25) is 5.91 Å². The largest absolute Gasteiger partial charge is 0.361 e. The van der Waals surface area contributed by atoms with Crippen LogP contribution < -0.4 is 0 Å². The van der Waals surface area contributed by atoms with Crippen LogP contribution >= 0.6 is 0 Å². The van der Waals surface area contributed by atoms with Crippen LogP contribution in [0, 0.1) is 11.7 Å². The van der Waals surface area contributed by atoms with E-state index in [1.54, 1.807) is 4.90 Å². The molecular formula is C34H40FN3O2. The van der Waals surface area contributed by atoms with Crippen molar-refractivity contribution in [3.8, 4) is 0 Å². The zero-order chi connectivity index (χ0) is 28.9. The molecule has 0 spiro atoms. The maximum absolute atomic E-state index is 13.8. The first kappa shape index (κ1) is 29.1. The molecule has 1 heterocycles. The first-order valence-electron chi connectivity index (χ1n) is 14.0. The van der Waals surface area contributed by atoms with Gasteiger partial charge >= 0.3 is 0 Å². The number of carbonyl (C=O) groups excluding carboxylic acids is 2. The smallest absolute Gasteiger partial charge is 0.254 e. The average molecular weight is 542 g/mol. The Morgan fingerprint density at radius 3 is 2.23 bits per heavy atom. The maximum Gasteiger partial charge on any atom is 0.254 e. The molecule has 4 rings (SSSR count). The monoisotopic (exact) mass is 541 g/mol. The lowest BCUT2D eigenvalue weighted by atomic mass is 9.87. The van der Waals surface area contributed by atoms with Crippen molar-refractivity contribution in [2.75, 3.05) is 19.6 Å². The van der Waals surface area contributed by atoms with Crippen molar-refractivity contribution in [2.45, 2.75) is 53.0 Å². The fraction of sp³-hybridized carbons (Fsp3) is 0.353. The summed E-state index contributed by atoms with van der Waals surface area (Å²) in [6.45, 7) is 11.9. The molecule has 0 radical (unpaired) electrons. The lowest BCUT2D eigenvalue weighted by molar-refractivity contribution is -0.132. The number of hydrogen-bond acceptors (Lipinski definition) is 2. The fourth-order valence-corrected chi connectivity index (χ4v) is 4.91. The second-order valence-electron chi connectivity index (χ2n) is 12.0. The van der Waals surface area contributed by atoms with Gasteiger partial charge in [0, 0.05) is 42.3 Å². The van der Waals surface area contributed by atoms with E-state index >= 15 is 0 Å². The number of nitrogens with one attached hydrogen (secondary N) is 1. The second kappa shape index (κ2) is 12.5. The number of nitrogens with zero attached hydrogens (tertiary/aromatic N) is 2. The van der Waals surface area contributed by atoms with Crippen LogP contribution in [0.4, 0.5) is 4.39 Å². The van der Waals surface area contributed by atoms with E-state index in [1.807, 2.05) is 43.1 Å². The first-order chi connectivity index (χ1) is 19.0. The Balaban J connectivity index is 1.57. The van der Waals surface area contributed by atoms with Gasteiger partial charge in [-0.2, -0.15) is 0 Å². The van der Waals surface area contributed by atoms with Crippen molar-refractivity contribution >= 4 is 22.7 Å². The quantitative estimate of drug-likeness (QED) is 0.236. The normalized spacial score (nSPS) is 11.7. The van der Waals surface area contributed by atoms with Crippen LogP contribution in [0.15, 0.2) is 79.0 Å². The molecule has 0 unspecified atom stereocenters. The number of aromatic amines is 1. The number of rotatable bonds is 10. The van der Waals surface area contributed by atoms with Gasteiger partial charge < -0.3 is 14.8 Å². The molecule has 0 aliphatic heterocycles. The van der Waals surface area contributed by atoms with Crippen LogP contribution in [0.1, 0.15) is 61.7 Å². The Bertz CT molecular complexity index is 1430. The molecule has 0 aliphatic carbocycles. The number of amides is 2. The summed E-state index contributed by atoms with van der Waals surface area (Å²) in [5, 5.41) is 1.15. The van der Waals surface area contributed by atoms with E-state index in [4.69, 9.17) is 0 Å². The van der Waals surface area contributed by atoms with E-state index in [-0.39, 0.29) is 29.7 Å². The molecular weight excluding hydrogens is 501 g/mol. The molecule has 6 heteroatoms. The summed E-state index contributed by atoms with van der Waals surface area (Å²) in [4.78, 5) is 34.0. The summed E-state index contributed by atoms with van der Waals surface area (Å²) in [6, 6.07) is 22.1. The Morgan fingerprint density at radius 2 is 1.57 bits per heavy atom. The molecule has 1 aromatic heterocycles. The lowest BCUT2D eigenvalue weighted by Crippen LogP contribution is -2.44. The Labute approximate surface area is 237 Å². The van der Waals surface area contributed by atoms with Gasteiger partial charge in [0.15, 0.2) is 0 Å². The Kier molecular flexibility index (Phi) is 9.08. The van der Waals surface area contributed by atoms with E-state index in [0.29, 0.717) is 31.6 Å². The Hall–Kier alpha value is -3.93. The predicted octanol–water partition coefficient (Wildman–Crippen LogP) is 6.97. The van der Waals surface area contributed by atoms with E-state index in [0.717, 1.165) is 22.0 Å². The highest BCUT2D eigenvalue weighted by molar-refractivity contribution is 5.96. The van der Waals surface area contributed by atoms with Crippen molar-refractivity contribution in [3.63, 3.8) is 0 Å². The molecule has 40 heavy (non-hydrogen) atoms. The topological polar surface area (TPSA) is 56.4 Å². The van der Waals surface area contributed by atoms with Crippen LogP contribution in [0.2, 0.25) is 0 Å². The molecule has 210 valence electrons. The summed E-state index contributed by atoms with van der Waals surface area (Å²) in [5.41, 5.74) is 4.92. The van der Waals surface area contributed by atoms with Gasteiger partial charge in [-0.1, -0.05) is 77.1 Å². The highest BCUT2D eigenvalue weighted by Crippen LogP contribution is 2.23. The van der Waals surface area contributed by atoms with Crippen LogP contribution in [0.25, 0.3) is 10.9 Å². The average Bonchev–Trinajstić information content (AvgIpc) is 3.33. The van der Waals surface area contributed by atoms with Crippen LogP contribution in [0.3, 0.4) is 0 Å². The van der Waals surface area contributed by atoms with Crippen molar-refractivity contribution in [3.05, 3.63) is 107 Å². The standard InChI is InChI=1S/C34H40FN3O2/c1-24(2)21-38(33(40)26-12-16-29(35)17-13-26)23-32(39)37(22-25-10-14-28(15-11-25)34(3,4)5)19-18-27-20-36-31-9-7-6-8-30(27)31/h6-17,20,24,36H,18-19,21-23H2,1-5H3. The number of hydrogen-bond donors (Lipinski definition) is 1. The number of benzene rings is 3. The minimum absolute atomic E-state index is 0.0393. The van der Waals surface area contributed by atoms with Gasteiger partial charge in [0.05, 0.1) is 0 Å². The van der Waals surface area contributed by atoms with E-state index in [9.17, 15) is 14.0 Å². The molecule has 0 atom stereocenters. The summed E-state index contributed by atoms with van der Waals surface area (Å²) in [7, 11) is 0. The van der Waals surface area contributed by atoms with Gasteiger partial charge in [-0.05, 0) is 64.8 Å². The van der Waals surface area contributed by atoms with E-state index in [1.165, 1.54) is 29.8 Å². The van der Waals surface area contributed by atoms with Crippen LogP contribution in [-0.2, 0) is 23.2 Å². The van der Waals surface area contributed by atoms with Crippen molar-refractivity contribution in [1.82, 2.24) is 14.8 Å². The van der Waals surface area contributed by atoms with Gasteiger partial charge in [-0.25, -0.2) is 4.39 Å². The highest BCUT2D eigenvalue weighted by atomic mass is 19.1. The zero-order valence-corrected chi connectivity index (χ0v) is 24.2. The summed E-state index contributed by atoms with van der Waals surface area (Å²) in [6.07, 6.45) is 2.69. The van der Waals surface area contributed by atoms with Gasteiger partial charge in [-0.15, -0.1) is 0 Å². The third kappa shape index (κ3) is 7.38. The maximum atomic E-state index is 13.8. The second-order valence-corrected chi connectivity index (χ2v) is 12.0. The Morgan fingerprint density at radius 1 is 0.900 bits per heavy atom. The third-order valence-corrected chi connectivity index (χ3v) is 7.16. The number of aromatic nitrogens is 1. The van der Waals surface area contributed by atoms with Crippen LogP contribution in [-0.4, -0.2) is 46.2 Å². The SMILES string of the molecule is CC(C)CN(CC(=O)N(CCc1c[nH]c2ccccc12)Cc1ccc(C(C)(C)C)cc1)C(=O)c1ccc(F)cc1. The van der Waals surface area contributed by atoms with Gasteiger partial charge in [0.25, 0.3) is 5.91 Å². The van der Waals surface area contributed by atoms with Gasteiger partial charge in [-0.3, -0.25) is 9.59 Å². The van der Waals surface area contributed by atoms with Crippen molar-refractivity contribution in [2.24, 2.45) is 5.92 Å². The summed E-state index contributed by atoms with van der Waals surface area (Å²) in [5.74, 6) is -0.616. The molecule has 0 saturated carbocycles. The predicted molar refractivity (Wildman–Crippen MR) is 160 cm³/mol. The molecule has 4 aromatic rings. The minimum atomic E-state index is -0.399. The molecule has 0 fully saturated rings. The third-order valence-electron chi connectivity index (χ3n) is 7.16. The molecule has 2 amide bonds. The van der Waals surface area contributed by atoms with Gasteiger partial charge in [0.1, 0.15) is 12.4 Å². The van der Waals surface area contributed by atoms with Crippen molar-refractivity contribution in [1.29, 1.82) is 0 Å². The molecule has 5 nitrogen and oxygen atoms in total. The summed E-state index contributed by atoms with van der Waals surface area (Å²) < 4.78 is 13.5. The molecule has 3 aromatic carbocycles. The number of carbonyl (C=O) groups is 2. The molecule has 0 saturated heterocycles. The molecule has 0 aliphatic rings. The number of para-hydroxylation sites is 1. The molecule has 1 N–H and O–H groups in total. The van der Waals surface area contributed by atoms with E-state index in [2.05, 4.69) is 56.1 Å². The highest BCUT2D eigenvalue weighted by Gasteiger charge is 2.24. The number of H-pyrrole nitrogens is 1. The fourth-order valence-electron chi connectivity index (χ4n) is 4.91. The summed E-state index contributed by atoms with van der Waals surface area (Å²) >= 11 is 0. The van der Waals surface area contributed by atoms with E-state index < -0.39 is 5.82 Å². The number of fused-ring (bicyclic) bond motifs is 1. The minimum Gasteiger partial charge on any atom is -0.361 e. The zero-order valence-electron chi connectivity index (χ0n) is 24.2. The molecule has 0 bridgehead atoms.